The third-order valence-electron chi connectivity index (χ3n) is 5.50. The number of halogens is 1. The predicted molar refractivity (Wildman–Crippen MR) is 117 cm³/mol. The highest BCUT2D eigenvalue weighted by atomic mass is 127. The fourth-order valence-corrected chi connectivity index (χ4v) is 3.48. The van der Waals surface area contributed by atoms with Crippen LogP contribution in [0.3, 0.4) is 0 Å². The van der Waals surface area contributed by atoms with Gasteiger partial charge in [-0.1, -0.05) is 0 Å². The number of amides is 1. The van der Waals surface area contributed by atoms with Crippen LogP contribution >= 0.6 is 24.0 Å². The molecule has 0 atom stereocenters. The number of nitrogens with one attached hydrogen (secondary N) is 2. The van der Waals surface area contributed by atoms with Crippen molar-refractivity contribution in [3.63, 3.8) is 0 Å². The molecule has 1 amide bonds. The third-order valence-corrected chi connectivity index (χ3v) is 5.50. The average molecular weight is 480 g/mol. The highest BCUT2D eigenvalue weighted by Gasteiger charge is 2.42. The van der Waals surface area contributed by atoms with Crippen LogP contribution in [0.15, 0.2) is 4.99 Å². The van der Waals surface area contributed by atoms with E-state index in [0.29, 0.717) is 17.8 Å². The van der Waals surface area contributed by atoms with Gasteiger partial charge in [-0.3, -0.25) is 9.79 Å². The second-order valence-electron chi connectivity index (χ2n) is 7.42. The van der Waals surface area contributed by atoms with Gasteiger partial charge < -0.3 is 20.3 Å². The molecule has 1 heterocycles. The lowest BCUT2D eigenvalue weighted by atomic mass is 9.93. The van der Waals surface area contributed by atoms with Crippen LogP contribution < -0.4 is 10.6 Å². The number of ether oxygens (including phenoxy) is 1. The molecule has 0 spiro atoms. The van der Waals surface area contributed by atoms with Gasteiger partial charge in [-0.25, -0.2) is 0 Å². The summed E-state index contributed by atoms with van der Waals surface area (Å²) in [7, 11) is 1.71. The Labute approximate surface area is 175 Å². The molecule has 0 radical (unpaired) electrons. The lowest BCUT2D eigenvalue weighted by Crippen LogP contribution is -2.46. The molecule has 0 aromatic carbocycles. The first kappa shape index (κ1) is 23.5. The molecule has 2 rings (SSSR count). The van der Waals surface area contributed by atoms with Crippen molar-refractivity contribution in [1.29, 1.82) is 0 Å². The Bertz CT molecular complexity index is 447. The number of rotatable bonds is 9. The summed E-state index contributed by atoms with van der Waals surface area (Å²) in [6.07, 6.45) is 6.45. The molecule has 26 heavy (non-hydrogen) atoms. The van der Waals surface area contributed by atoms with Crippen molar-refractivity contribution in [2.75, 3.05) is 46.4 Å². The number of hydrogen-bond donors (Lipinski definition) is 2. The summed E-state index contributed by atoms with van der Waals surface area (Å²) in [4.78, 5) is 18.9. The number of likely N-dealkylation sites (tertiary alicyclic amines) is 1. The van der Waals surface area contributed by atoms with Gasteiger partial charge in [-0.15, -0.1) is 24.0 Å². The maximum Gasteiger partial charge on any atom is 0.220 e. The average Bonchev–Trinajstić information content (AvgIpc) is 3.40. The molecule has 1 saturated heterocycles. The molecule has 0 unspecified atom stereocenters. The second-order valence-corrected chi connectivity index (χ2v) is 7.42. The van der Waals surface area contributed by atoms with E-state index in [1.165, 1.54) is 12.8 Å². The summed E-state index contributed by atoms with van der Waals surface area (Å²) in [6, 6.07) is 0. The fraction of sp³-hybridized carbons (Fsp3) is 0.895. The standard InChI is InChI=1S/C19H36N4O2.HI/c1-4-21-18(22-15-19(8-9-19)10-13-25-5-2)23-11-6-16(7-12-23)14-17(24)20-3;/h16H,4-15H2,1-3H3,(H,20,24)(H,21,22);1H. The topological polar surface area (TPSA) is 66.0 Å². The van der Waals surface area contributed by atoms with E-state index >= 15 is 0 Å². The third kappa shape index (κ3) is 7.58. The van der Waals surface area contributed by atoms with Gasteiger partial charge in [-0.2, -0.15) is 0 Å². The van der Waals surface area contributed by atoms with E-state index in [9.17, 15) is 4.79 Å². The van der Waals surface area contributed by atoms with E-state index in [2.05, 4.69) is 29.4 Å². The fourth-order valence-electron chi connectivity index (χ4n) is 3.48. The Morgan fingerprint density at radius 3 is 2.50 bits per heavy atom. The molecule has 1 saturated carbocycles. The predicted octanol–water partition coefficient (Wildman–Crippen LogP) is 2.62. The molecule has 152 valence electrons. The lowest BCUT2D eigenvalue weighted by molar-refractivity contribution is -0.121. The minimum Gasteiger partial charge on any atom is -0.382 e. The Morgan fingerprint density at radius 1 is 1.27 bits per heavy atom. The van der Waals surface area contributed by atoms with E-state index < -0.39 is 0 Å². The molecule has 1 aliphatic heterocycles. The molecule has 0 bridgehead atoms. The van der Waals surface area contributed by atoms with Crippen molar-refractivity contribution < 1.29 is 9.53 Å². The molecule has 0 aromatic heterocycles. The van der Waals surface area contributed by atoms with Crippen molar-refractivity contribution in [2.24, 2.45) is 16.3 Å². The van der Waals surface area contributed by atoms with Gasteiger partial charge in [0.25, 0.3) is 0 Å². The highest BCUT2D eigenvalue weighted by molar-refractivity contribution is 14.0. The molecule has 2 aliphatic rings. The monoisotopic (exact) mass is 480 g/mol. The number of carbonyl (C=O) groups excluding carboxylic acids is 1. The van der Waals surface area contributed by atoms with Crippen LogP contribution in [0.1, 0.15) is 52.4 Å². The van der Waals surface area contributed by atoms with Gasteiger partial charge in [-0.05, 0) is 57.3 Å². The van der Waals surface area contributed by atoms with Crippen molar-refractivity contribution in [3.8, 4) is 0 Å². The first-order valence-electron chi connectivity index (χ1n) is 9.94. The number of hydrogen-bond acceptors (Lipinski definition) is 3. The Morgan fingerprint density at radius 2 is 1.96 bits per heavy atom. The zero-order valence-corrected chi connectivity index (χ0v) is 19.0. The van der Waals surface area contributed by atoms with Crippen LogP contribution in [-0.4, -0.2) is 63.2 Å². The van der Waals surface area contributed by atoms with E-state index in [-0.39, 0.29) is 29.9 Å². The quantitative estimate of drug-likeness (QED) is 0.231. The van der Waals surface area contributed by atoms with Gasteiger partial charge in [0.1, 0.15) is 0 Å². The Kier molecular flexibility index (Phi) is 10.8. The van der Waals surface area contributed by atoms with Crippen LogP contribution in [-0.2, 0) is 9.53 Å². The summed E-state index contributed by atoms with van der Waals surface area (Å²) < 4.78 is 5.53. The number of nitrogens with zero attached hydrogens (tertiary/aromatic N) is 2. The largest absolute Gasteiger partial charge is 0.382 e. The molecule has 0 aromatic rings. The summed E-state index contributed by atoms with van der Waals surface area (Å²) in [5.74, 6) is 1.70. The smallest absolute Gasteiger partial charge is 0.220 e. The maximum absolute atomic E-state index is 11.6. The normalized spacial score (nSPS) is 19.7. The lowest BCUT2D eigenvalue weighted by Gasteiger charge is -2.34. The van der Waals surface area contributed by atoms with Gasteiger partial charge in [0.2, 0.25) is 5.91 Å². The minimum absolute atomic E-state index is 0. The van der Waals surface area contributed by atoms with Gasteiger partial charge in [0, 0.05) is 52.9 Å². The summed E-state index contributed by atoms with van der Waals surface area (Å²) in [6.45, 7) is 9.59. The van der Waals surface area contributed by atoms with Gasteiger partial charge in [0.05, 0.1) is 0 Å². The molecule has 1 aliphatic carbocycles. The molecule has 7 heteroatoms. The number of piperidine rings is 1. The highest BCUT2D eigenvalue weighted by Crippen LogP contribution is 2.49. The molecule has 2 N–H and O–H groups in total. The van der Waals surface area contributed by atoms with Gasteiger partial charge >= 0.3 is 0 Å². The maximum atomic E-state index is 11.6. The Hall–Kier alpha value is -0.570. The number of guanidine groups is 1. The summed E-state index contributed by atoms with van der Waals surface area (Å²) in [5.41, 5.74) is 0.382. The van der Waals surface area contributed by atoms with Crippen LogP contribution in [0.5, 0.6) is 0 Å². The first-order valence-corrected chi connectivity index (χ1v) is 9.94. The zero-order chi connectivity index (χ0) is 18.1. The van der Waals surface area contributed by atoms with Crippen LogP contribution in [0.25, 0.3) is 0 Å². The van der Waals surface area contributed by atoms with Crippen molar-refractivity contribution in [1.82, 2.24) is 15.5 Å². The second kappa shape index (κ2) is 12.0. The molecule has 2 fully saturated rings. The van der Waals surface area contributed by atoms with Crippen LogP contribution in [0.2, 0.25) is 0 Å². The van der Waals surface area contributed by atoms with Crippen LogP contribution in [0.4, 0.5) is 0 Å². The molecule has 6 nitrogen and oxygen atoms in total. The summed E-state index contributed by atoms with van der Waals surface area (Å²) >= 11 is 0. The molecular formula is C19H37IN4O2. The minimum atomic E-state index is 0. The van der Waals surface area contributed by atoms with E-state index in [1.807, 2.05) is 0 Å². The SMILES string of the molecule is CCNC(=NCC1(CCOCC)CC1)N1CCC(CC(=O)NC)CC1.I. The first-order chi connectivity index (χ1) is 12.1. The van der Waals surface area contributed by atoms with E-state index in [0.717, 1.165) is 64.6 Å². The molecular weight excluding hydrogens is 443 g/mol. The zero-order valence-electron chi connectivity index (χ0n) is 16.7. The van der Waals surface area contributed by atoms with E-state index in [4.69, 9.17) is 9.73 Å². The van der Waals surface area contributed by atoms with Crippen molar-refractivity contribution in [2.45, 2.75) is 52.4 Å². The van der Waals surface area contributed by atoms with E-state index in [1.54, 1.807) is 7.05 Å². The number of aliphatic imine (C=N–C) groups is 1. The van der Waals surface area contributed by atoms with Crippen LogP contribution in [0, 0.1) is 11.3 Å². The number of carbonyl (C=O) groups is 1. The Balaban J connectivity index is 0.00000338. The van der Waals surface area contributed by atoms with Crippen molar-refractivity contribution >= 4 is 35.8 Å². The summed E-state index contributed by atoms with van der Waals surface area (Å²) in [5, 5.41) is 6.18. The van der Waals surface area contributed by atoms with Gasteiger partial charge in [0.15, 0.2) is 5.96 Å². The van der Waals surface area contributed by atoms with Crippen molar-refractivity contribution in [3.05, 3.63) is 0 Å².